The monoisotopic (exact) mass is 377 g/mol. The molecule has 1 atom stereocenters. The molecule has 0 spiro atoms. The molecule has 0 aliphatic carbocycles. The van der Waals surface area contributed by atoms with Crippen LogP contribution in [0.5, 0.6) is 0 Å². The zero-order chi connectivity index (χ0) is 19.8. The van der Waals surface area contributed by atoms with Crippen LogP contribution in [0, 0.1) is 0 Å². The molecular weight excluding hydrogens is 358 g/mol. The van der Waals surface area contributed by atoms with Gasteiger partial charge in [-0.3, -0.25) is 14.5 Å². The van der Waals surface area contributed by atoms with Crippen molar-refractivity contribution in [2.45, 2.75) is 12.5 Å². The number of likely N-dealkylation sites (N-methyl/N-ethyl adjacent to an activating group) is 1. The fourth-order valence-corrected chi connectivity index (χ4v) is 3.64. The molecule has 0 saturated heterocycles. The number of carboxylic acid groups (broad SMARTS) is 1. The number of hydrogen-bond acceptors (Lipinski definition) is 3. The van der Waals surface area contributed by atoms with E-state index in [1.54, 1.807) is 36.2 Å². The zero-order valence-electron chi connectivity index (χ0n) is 15.3. The van der Waals surface area contributed by atoms with Gasteiger partial charge in [0.1, 0.15) is 0 Å². The Kier molecular flexibility index (Phi) is 4.35. The highest BCUT2D eigenvalue weighted by molar-refractivity contribution is 6.11. The predicted molar refractivity (Wildman–Crippen MR) is 103 cm³/mol. The highest BCUT2D eigenvalue weighted by Gasteiger charge is 2.43. The Bertz CT molecular complexity index is 982. The lowest BCUT2D eigenvalue weighted by atomic mass is 9.96. The maximum atomic E-state index is 13.2. The van der Waals surface area contributed by atoms with Gasteiger partial charge in [0.2, 0.25) is 0 Å². The Morgan fingerprint density at radius 2 is 1.79 bits per heavy atom. The number of nitrogens with zero attached hydrogens (tertiary/aromatic N) is 2. The Balaban J connectivity index is 1.67. The highest BCUT2D eigenvalue weighted by Crippen LogP contribution is 2.37. The molecule has 2 aliphatic heterocycles. The van der Waals surface area contributed by atoms with E-state index in [4.69, 9.17) is 5.11 Å². The van der Waals surface area contributed by atoms with Gasteiger partial charge < -0.3 is 15.3 Å². The summed E-state index contributed by atoms with van der Waals surface area (Å²) in [5, 5.41) is 11.8. The summed E-state index contributed by atoms with van der Waals surface area (Å²) in [5.74, 6) is -1.07. The van der Waals surface area contributed by atoms with Crippen molar-refractivity contribution in [1.82, 2.24) is 10.2 Å². The van der Waals surface area contributed by atoms with Crippen LogP contribution < -0.4 is 10.2 Å². The van der Waals surface area contributed by atoms with Crippen molar-refractivity contribution in [3.05, 3.63) is 77.0 Å². The van der Waals surface area contributed by atoms with Crippen molar-refractivity contribution in [3.8, 4) is 0 Å². The summed E-state index contributed by atoms with van der Waals surface area (Å²) in [4.78, 5) is 39.6. The number of carbonyl (C=O) groups excluding carboxylic acids is 2. The second-order valence-electron chi connectivity index (χ2n) is 6.84. The molecule has 0 saturated carbocycles. The molecular formula is C21H19N3O4. The molecule has 2 heterocycles. The minimum absolute atomic E-state index is 0.0692. The Labute approximate surface area is 161 Å². The van der Waals surface area contributed by atoms with Gasteiger partial charge in [-0.05, 0) is 23.3 Å². The van der Waals surface area contributed by atoms with Crippen LogP contribution in [0.1, 0.15) is 17.2 Å². The second-order valence-corrected chi connectivity index (χ2v) is 6.84. The van der Waals surface area contributed by atoms with Crippen LogP contribution in [0.2, 0.25) is 0 Å². The van der Waals surface area contributed by atoms with E-state index in [0.717, 1.165) is 5.56 Å². The number of hydrogen-bond donors (Lipinski definition) is 2. The first-order valence-electron chi connectivity index (χ1n) is 8.90. The Morgan fingerprint density at radius 3 is 2.43 bits per heavy atom. The van der Waals surface area contributed by atoms with Crippen molar-refractivity contribution in [2.75, 3.05) is 18.5 Å². The average Bonchev–Trinajstić information content (AvgIpc) is 3.03. The van der Waals surface area contributed by atoms with Crippen molar-refractivity contribution in [2.24, 2.45) is 0 Å². The molecule has 2 aliphatic rings. The van der Waals surface area contributed by atoms with Gasteiger partial charge in [-0.2, -0.15) is 0 Å². The van der Waals surface area contributed by atoms with Crippen LogP contribution in [0.25, 0.3) is 0 Å². The fraction of sp³-hybridized carbons (Fsp3) is 0.190. The van der Waals surface area contributed by atoms with E-state index < -0.39 is 12.0 Å². The van der Waals surface area contributed by atoms with Gasteiger partial charge in [0.25, 0.3) is 5.91 Å². The van der Waals surface area contributed by atoms with Gasteiger partial charge in [0, 0.05) is 12.7 Å². The number of benzene rings is 2. The second kappa shape index (κ2) is 6.84. The molecule has 3 amide bonds. The first-order valence-corrected chi connectivity index (χ1v) is 8.90. The van der Waals surface area contributed by atoms with E-state index >= 15 is 0 Å². The van der Waals surface area contributed by atoms with Crippen LogP contribution >= 0.6 is 0 Å². The van der Waals surface area contributed by atoms with Gasteiger partial charge >= 0.3 is 12.0 Å². The number of rotatable bonds is 4. The third-order valence-electron chi connectivity index (χ3n) is 5.10. The molecule has 2 aromatic carbocycles. The van der Waals surface area contributed by atoms with Gasteiger partial charge in [-0.15, -0.1) is 0 Å². The van der Waals surface area contributed by atoms with Gasteiger partial charge in [-0.1, -0.05) is 42.5 Å². The summed E-state index contributed by atoms with van der Waals surface area (Å²) in [6, 6.07) is 15.5. The van der Waals surface area contributed by atoms with Gasteiger partial charge in [-0.25, -0.2) is 4.79 Å². The van der Waals surface area contributed by atoms with E-state index in [2.05, 4.69) is 5.32 Å². The van der Waals surface area contributed by atoms with E-state index in [1.165, 1.54) is 4.90 Å². The number of anilines is 1. The van der Waals surface area contributed by atoms with Gasteiger partial charge in [0.15, 0.2) is 0 Å². The van der Waals surface area contributed by atoms with Crippen molar-refractivity contribution < 1.29 is 19.5 Å². The maximum Gasteiger partial charge on any atom is 0.322 e. The fourth-order valence-electron chi connectivity index (χ4n) is 3.64. The Hall–Kier alpha value is -3.61. The summed E-state index contributed by atoms with van der Waals surface area (Å²) in [6.45, 7) is 0.291. The molecule has 7 heteroatoms. The summed E-state index contributed by atoms with van der Waals surface area (Å²) >= 11 is 0. The summed E-state index contributed by atoms with van der Waals surface area (Å²) < 4.78 is 0. The zero-order valence-corrected chi connectivity index (χ0v) is 15.3. The lowest BCUT2D eigenvalue weighted by Gasteiger charge is -2.31. The maximum absolute atomic E-state index is 13.2. The highest BCUT2D eigenvalue weighted by atomic mass is 16.4. The predicted octanol–water partition coefficient (Wildman–Crippen LogP) is 2.31. The number of amides is 3. The number of urea groups is 1. The minimum Gasteiger partial charge on any atom is -0.481 e. The molecule has 7 nitrogen and oxygen atoms in total. The standard InChI is InChI=1S/C21H19N3O4/c1-23-16-12-24(15-9-7-13(8-10-15)11-17(25)26)20(27)18(16)19(22-21(23)28)14-5-3-2-4-6-14/h2-10,19H,11-12H2,1H3,(H,22,28)(H,25,26)/t19-/m1/s1. The smallest absolute Gasteiger partial charge is 0.322 e. The summed E-state index contributed by atoms with van der Waals surface area (Å²) in [6.07, 6.45) is -0.0692. The first-order chi connectivity index (χ1) is 13.5. The van der Waals surface area contributed by atoms with Crippen molar-refractivity contribution >= 4 is 23.6 Å². The van der Waals surface area contributed by atoms with Crippen LogP contribution in [-0.4, -0.2) is 41.5 Å². The summed E-state index contributed by atoms with van der Waals surface area (Å²) in [5.41, 5.74) is 3.42. The number of aliphatic carboxylic acids is 1. The molecule has 0 bridgehead atoms. The van der Waals surface area contributed by atoms with Gasteiger partial charge in [0.05, 0.1) is 30.3 Å². The molecule has 0 fully saturated rings. The minimum atomic E-state index is -0.904. The number of carboxylic acids is 1. The van der Waals surface area contributed by atoms with E-state index in [9.17, 15) is 14.4 Å². The quantitative estimate of drug-likeness (QED) is 0.856. The third kappa shape index (κ3) is 3.00. The lowest BCUT2D eigenvalue weighted by molar-refractivity contribution is -0.136. The van der Waals surface area contributed by atoms with E-state index in [-0.39, 0.29) is 18.4 Å². The number of carbonyl (C=O) groups is 3. The van der Waals surface area contributed by atoms with E-state index in [1.807, 2.05) is 30.3 Å². The normalized spacial score (nSPS) is 19.0. The van der Waals surface area contributed by atoms with Crippen LogP contribution in [-0.2, 0) is 16.0 Å². The first kappa shape index (κ1) is 17.8. The topological polar surface area (TPSA) is 90.0 Å². The lowest BCUT2D eigenvalue weighted by Crippen LogP contribution is -2.45. The van der Waals surface area contributed by atoms with Crippen molar-refractivity contribution in [1.29, 1.82) is 0 Å². The SMILES string of the molecule is CN1C(=O)N[C@H](c2ccccc2)C2=C1CN(c1ccc(CC(=O)O)cc1)C2=O. The summed E-state index contributed by atoms with van der Waals surface area (Å²) in [7, 11) is 1.65. The van der Waals surface area contributed by atoms with Crippen LogP contribution in [0.15, 0.2) is 65.9 Å². The molecule has 2 N–H and O–H groups in total. The molecule has 0 aromatic heterocycles. The molecule has 2 aromatic rings. The Morgan fingerprint density at radius 1 is 1.11 bits per heavy atom. The largest absolute Gasteiger partial charge is 0.481 e. The molecule has 4 rings (SSSR count). The van der Waals surface area contributed by atoms with Crippen LogP contribution in [0.4, 0.5) is 10.5 Å². The molecule has 142 valence electrons. The molecule has 0 unspecified atom stereocenters. The van der Waals surface area contributed by atoms with E-state index in [0.29, 0.717) is 29.1 Å². The van der Waals surface area contributed by atoms with Crippen molar-refractivity contribution in [3.63, 3.8) is 0 Å². The number of nitrogens with one attached hydrogen (secondary N) is 1. The average molecular weight is 377 g/mol. The molecule has 28 heavy (non-hydrogen) atoms. The third-order valence-corrected chi connectivity index (χ3v) is 5.10. The van der Waals surface area contributed by atoms with Crippen LogP contribution in [0.3, 0.4) is 0 Å². The molecule has 0 radical (unpaired) electrons.